The number of carbonyl (C=O) groups is 2. The zero-order chi connectivity index (χ0) is 21.4. The molecule has 7 nitrogen and oxygen atoms in total. The van der Waals surface area contributed by atoms with Crippen molar-refractivity contribution in [3.63, 3.8) is 0 Å². The first-order valence-corrected chi connectivity index (χ1v) is 10.6. The van der Waals surface area contributed by atoms with E-state index in [1.807, 2.05) is 41.3 Å². The molecular formula is C24H24N4O3. The van der Waals surface area contributed by atoms with Crippen LogP contribution in [0.5, 0.6) is 0 Å². The molecule has 2 aliphatic rings. The van der Waals surface area contributed by atoms with Gasteiger partial charge in [-0.2, -0.15) is 0 Å². The van der Waals surface area contributed by atoms with Crippen LogP contribution in [0.4, 0.5) is 11.4 Å². The summed E-state index contributed by atoms with van der Waals surface area (Å²) in [5.74, 6) is 0.185. The molecule has 7 heteroatoms. The SMILES string of the molecule is O=C1CCc2cc(CC(=O)N3CCN(c4ccc5[nH]c(=O)ccc5c4)CC3)ccc2N1. The summed E-state index contributed by atoms with van der Waals surface area (Å²) in [7, 11) is 0. The number of aromatic amines is 1. The quantitative estimate of drug-likeness (QED) is 0.686. The van der Waals surface area contributed by atoms with Crippen LogP contribution in [-0.2, 0) is 22.4 Å². The minimum Gasteiger partial charge on any atom is -0.368 e. The van der Waals surface area contributed by atoms with E-state index in [0.29, 0.717) is 25.9 Å². The van der Waals surface area contributed by atoms with Crippen LogP contribution in [0.2, 0.25) is 0 Å². The molecule has 1 saturated heterocycles. The maximum Gasteiger partial charge on any atom is 0.248 e. The maximum atomic E-state index is 12.8. The molecule has 2 amide bonds. The van der Waals surface area contributed by atoms with Crippen LogP contribution in [-0.4, -0.2) is 47.9 Å². The number of anilines is 2. The Bertz CT molecular complexity index is 1220. The van der Waals surface area contributed by atoms with E-state index < -0.39 is 0 Å². The number of nitrogens with one attached hydrogen (secondary N) is 2. The van der Waals surface area contributed by atoms with Crippen molar-refractivity contribution in [1.82, 2.24) is 9.88 Å². The molecule has 2 N–H and O–H groups in total. The molecule has 0 saturated carbocycles. The number of carbonyl (C=O) groups excluding carboxylic acids is 2. The molecule has 31 heavy (non-hydrogen) atoms. The highest BCUT2D eigenvalue weighted by atomic mass is 16.2. The number of rotatable bonds is 3. The molecule has 2 aliphatic heterocycles. The van der Waals surface area contributed by atoms with Gasteiger partial charge in [0.25, 0.3) is 0 Å². The average molecular weight is 416 g/mol. The fourth-order valence-electron chi connectivity index (χ4n) is 4.39. The Morgan fingerprint density at radius 3 is 2.58 bits per heavy atom. The number of aryl methyl sites for hydroxylation is 1. The lowest BCUT2D eigenvalue weighted by molar-refractivity contribution is -0.130. The Morgan fingerprint density at radius 2 is 1.74 bits per heavy atom. The number of pyridine rings is 1. The second-order valence-electron chi connectivity index (χ2n) is 8.18. The first-order valence-electron chi connectivity index (χ1n) is 10.6. The molecule has 1 fully saturated rings. The van der Waals surface area contributed by atoms with Crippen LogP contribution < -0.4 is 15.8 Å². The fourth-order valence-corrected chi connectivity index (χ4v) is 4.39. The van der Waals surface area contributed by atoms with E-state index in [4.69, 9.17) is 0 Å². The molecule has 5 rings (SSSR count). The van der Waals surface area contributed by atoms with Crippen molar-refractivity contribution in [2.24, 2.45) is 0 Å². The van der Waals surface area contributed by atoms with E-state index in [1.165, 1.54) is 6.07 Å². The molecule has 0 aliphatic carbocycles. The van der Waals surface area contributed by atoms with Gasteiger partial charge in [0.2, 0.25) is 17.4 Å². The number of fused-ring (bicyclic) bond motifs is 2. The number of piperazine rings is 1. The van der Waals surface area contributed by atoms with Crippen molar-refractivity contribution in [1.29, 1.82) is 0 Å². The number of benzene rings is 2. The Balaban J connectivity index is 1.21. The predicted molar refractivity (Wildman–Crippen MR) is 120 cm³/mol. The number of nitrogens with zero attached hydrogens (tertiary/aromatic N) is 2. The topological polar surface area (TPSA) is 85.5 Å². The van der Waals surface area contributed by atoms with Crippen molar-refractivity contribution in [2.45, 2.75) is 19.3 Å². The number of hydrogen-bond donors (Lipinski definition) is 2. The van der Waals surface area contributed by atoms with Crippen molar-refractivity contribution in [3.05, 3.63) is 70.0 Å². The normalized spacial score (nSPS) is 16.2. The van der Waals surface area contributed by atoms with Gasteiger partial charge in [0, 0.05) is 60.9 Å². The first-order chi connectivity index (χ1) is 15.0. The molecule has 0 radical (unpaired) electrons. The number of aromatic nitrogens is 1. The van der Waals surface area contributed by atoms with Gasteiger partial charge in [-0.1, -0.05) is 12.1 Å². The van der Waals surface area contributed by atoms with Crippen LogP contribution in [0, 0.1) is 0 Å². The molecule has 158 valence electrons. The predicted octanol–water partition coefficient (Wildman–Crippen LogP) is 2.30. The molecular weight excluding hydrogens is 392 g/mol. The average Bonchev–Trinajstić information content (AvgIpc) is 2.79. The van der Waals surface area contributed by atoms with Crippen LogP contribution in [0.25, 0.3) is 10.9 Å². The molecule has 0 atom stereocenters. The number of H-pyrrole nitrogens is 1. The van der Waals surface area contributed by atoms with Gasteiger partial charge in [-0.15, -0.1) is 0 Å². The highest BCUT2D eigenvalue weighted by Gasteiger charge is 2.22. The zero-order valence-corrected chi connectivity index (χ0v) is 17.2. The summed E-state index contributed by atoms with van der Waals surface area (Å²) in [4.78, 5) is 42.9. The van der Waals surface area contributed by atoms with Crippen molar-refractivity contribution in [2.75, 3.05) is 36.4 Å². The molecule has 0 spiro atoms. The molecule has 1 aromatic heterocycles. The lowest BCUT2D eigenvalue weighted by Gasteiger charge is -2.36. The third kappa shape index (κ3) is 4.03. The van der Waals surface area contributed by atoms with Crippen molar-refractivity contribution >= 4 is 34.1 Å². The lowest BCUT2D eigenvalue weighted by Crippen LogP contribution is -2.49. The largest absolute Gasteiger partial charge is 0.368 e. The summed E-state index contributed by atoms with van der Waals surface area (Å²) >= 11 is 0. The van der Waals surface area contributed by atoms with Gasteiger partial charge in [-0.05, 0) is 47.9 Å². The van der Waals surface area contributed by atoms with Crippen LogP contribution in [0.15, 0.2) is 53.3 Å². The third-order valence-electron chi connectivity index (χ3n) is 6.13. The Hall–Kier alpha value is -3.61. The van der Waals surface area contributed by atoms with Gasteiger partial charge in [0.1, 0.15) is 0 Å². The Labute approximate surface area is 179 Å². The molecule has 3 aromatic rings. The summed E-state index contributed by atoms with van der Waals surface area (Å²) in [6, 6.07) is 15.3. The smallest absolute Gasteiger partial charge is 0.248 e. The van der Waals surface area contributed by atoms with Gasteiger partial charge in [-0.3, -0.25) is 14.4 Å². The summed E-state index contributed by atoms with van der Waals surface area (Å²) < 4.78 is 0. The van der Waals surface area contributed by atoms with Gasteiger partial charge in [0.05, 0.1) is 6.42 Å². The van der Waals surface area contributed by atoms with Crippen molar-refractivity contribution < 1.29 is 9.59 Å². The molecule has 2 aromatic carbocycles. The van der Waals surface area contributed by atoms with E-state index >= 15 is 0 Å². The minimum absolute atomic E-state index is 0.0499. The van der Waals surface area contributed by atoms with Gasteiger partial charge >= 0.3 is 0 Å². The van der Waals surface area contributed by atoms with E-state index in [-0.39, 0.29) is 17.4 Å². The zero-order valence-electron chi connectivity index (χ0n) is 17.2. The fraction of sp³-hybridized carbons (Fsp3) is 0.292. The Kier molecular flexibility index (Phi) is 4.94. The van der Waals surface area contributed by atoms with E-state index in [2.05, 4.69) is 21.3 Å². The van der Waals surface area contributed by atoms with Crippen LogP contribution >= 0.6 is 0 Å². The van der Waals surface area contributed by atoms with Crippen molar-refractivity contribution in [3.8, 4) is 0 Å². The summed E-state index contributed by atoms with van der Waals surface area (Å²) in [6.45, 7) is 2.92. The third-order valence-corrected chi connectivity index (χ3v) is 6.13. The van der Waals surface area contributed by atoms with Gasteiger partial charge in [0.15, 0.2) is 0 Å². The molecule has 0 bridgehead atoms. The maximum absolute atomic E-state index is 12.8. The number of amides is 2. The van der Waals surface area contributed by atoms with E-state index in [9.17, 15) is 14.4 Å². The highest BCUT2D eigenvalue weighted by molar-refractivity contribution is 5.94. The molecule has 3 heterocycles. The van der Waals surface area contributed by atoms with Crippen LogP contribution in [0.3, 0.4) is 0 Å². The van der Waals surface area contributed by atoms with Crippen LogP contribution in [0.1, 0.15) is 17.5 Å². The Morgan fingerprint density at radius 1 is 0.903 bits per heavy atom. The number of hydrogen-bond acceptors (Lipinski definition) is 4. The van der Waals surface area contributed by atoms with Gasteiger partial charge in [-0.25, -0.2) is 0 Å². The first kappa shape index (κ1) is 19.4. The minimum atomic E-state index is -0.101. The summed E-state index contributed by atoms with van der Waals surface area (Å²) in [5, 5.41) is 3.88. The van der Waals surface area contributed by atoms with E-state index in [0.717, 1.165) is 52.9 Å². The second-order valence-corrected chi connectivity index (χ2v) is 8.18. The van der Waals surface area contributed by atoms with E-state index in [1.54, 1.807) is 0 Å². The lowest BCUT2D eigenvalue weighted by atomic mass is 9.99. The highest BCUT2D eigenvalue weighted by Crippen LogP contribution is 2.25. The second kappa shape index (κ2) is 7.91. The monoisotopic (exact) mass is 416 g/mol. The standard InChI is InChI=1S/C24H24N4O3/c29-22-7-2-17-13-16(1-5-20(17)25-22)14-24(31)28-11-9-27(10-12-28)19-4-6-21-18(15-19)3-8-23(30)26-21/h1,3-6,8,13,15H,2,7,9-12,14H2,(H,25,29)(H,26,30). The molecule has 0 unspecified atom stereocenters. The summed E-state index contributed by atoms with van der Waals surface area (Å²) in [5.41, 5.74) is 4.79. The summed E-state index contributed by atoms with van der Waals surface area (Å²) in [6.07, 6.45) is 1.60. The van der Waals surface area contributed by atoms with Gasteiger partial charge < -0.3 is 20.1 Å².